The first-order chi connectivity index (χ1) is 11.5. The van der Waals surface area contributed by atoms with E-state index >= 15 is 0 Å². The molecule has 0 saturated heterocycles. The third kappa shape index (κ3) is 3.33. The van der Waals surface area contributed by atoms with Gasteiger partial charge in [0, 0.05) is 11.0 Å². The summed E-state index contributed by atoms with van der Waals surface area (Å²) in [6.45, 7) is 9.48. The van der Waals surface area contributed by atoms with Crippen LogP contribution in [0.15, 0.2) is 18.2 Å². The molecule has 0 radical (unpaired) electrons. The molecule has 1 aliphatic rings. The molecule has 0 unspecified atom stereocenters. The van der Waals surface area contributed by atoms with Crippen LogP contribution in [0.5, 0.6) is 0 Å². The van der Waals surface area contributed by atoms with E-state index in [1.165, 1.54) is 0 Å². The van der Waals surface area contributed by atoms with Gasteiger partial charge in [0.15, 0.2) is 9.84 Å². The summed E-state index contributed by atoms with van der Waals surface area (Å²) in [4.78, 5) is 12.5. The van der Waals surface area contributed by atoms with E-state index in [-0.39, 0.29) is 17.4 Å². The molecule has 1 aromatic carbocycles. The van der Waals surface area contributed by atoms with Gasteiger partial charge in [-0.1, -0.05) is 26.8 Å². The molecule has 2 heterocycles. The summed E-state index contributed by atoms with van der Waals surface area (Å²) in [6, 6.07) is 5.90. The number of aryl methyl sites for hydroxylation is 2. The van der Waals surface area contributed by atoms with Crippen LogP contribution in [0.1, 0.15) is 43.2 Å². The Balaban J connectivity index is 2.13. The van der Waals surface area contributed by atoms with Crippen molar-refractivity contribution in [3.63, 3.8) is 0 Å². The molecule has 1 aromatic heterocycles. The normalized spacial score (nSPS) is 15.9. The quantitative estimate of drug-likeness (QED) is 0.892. The summed E-state index contributed by atoms with van der Waals surface area (Å²) in [5.74, 6) is 0.106. The molecule has 0 spiro atoms. The first-order valence-corrected chi connectivity index (χ1v) is 10.0. The van der Waals surface area contributed by atoms with Crippen molar-refractivity contribution in [3.8, 4) is 5.69 Å². The number of aromatic nitrogens is 2. The number of nitrogens with zero attached hydrogens (tertiary/aromatic N) is 2. The zero-order valence-electron chi connectivity index (χ0n) is 15.2. The fourth-order valence-corrected chi connectivity index (χ4v) is 4.20. The van der Waals surface area contributed by atoms with Gasteiger partial charge < -0.3 is 5.32 Å². The molecular weight excluding hydrogens is 338 g/mol. The van der Waals surface area contributed by atoms with E-state index in [4.69, 9.17) is 0 Å². The number of hydrogen-bond donors (Lipinski definition) is 1. The molecule has 0 atom stereocenters. The lowest BCUT2D eigenvalue weighted by atomic mass is 9.95. The van der Waals surface area contributed by atoms with Crippen molar-refractivity contribution in [2.75, 3.05) is 5.32 Å². The molecule has 1 aliphatic heterocycles. The molecule has 0 fully saturated rings. The predicted octanol–water partition coefficient (Wildman–Crippen LogP) is 2.90. The summed E-state index contributed by atoms with van der Waals surface area (Å²) in [7, 11) is -3.20. The van der Waals surface area contributed by atoms with Gasteiger partial charge in [0.25, 0.3) is 0 Å². The van der Waals surface area contributed by atoms with Crippen LogP contribution >= 0.6 is 0 Å². The van der Waals surface area contributed by atoms with Crippen molar-refractivity contribution in [2.24, 2.45) is 5.41 Å². The van der Waals surface area contributed by atoms with Crippen LogP contribution in [0.4, 0.5) is 5.82 Å². The summed E-state index contributed by atoms with van der Waals surface area (Å²) in [5, 5.41) is 7.38. The molecule has 3 rings (SSSR count). The highest BCUT2D eigenvalue weighted by Gasteiger charge is 2.34. The van der Waals surface area contributed by atoms with Crippen molar-refractivity contribution in [2.45, 2.75) is 46.1 Å². The van der Waals surface area contributed by atoms with Crippen LogP contribution < -0.4 is 5.32 Å². The third-order valence-electron chi connectivity index (χ3n) is 4.44. The van der Waals surface area contributed by atoms with Crippen LogP contribution in [0.3, 0.4) is 0 Å². The Kier molecular flexibility index (Phi) is 4.02. The standard InChI is InChI=1S/C18H23N3O3S/c1-11-6-7-13(8-12(11)2)21-16(19-17(22)18(3,4)5)14-9-25(23,24)10-15(14)20-21/h6-8H,9-10H2,1-5H3,(H,19,22). The lowest BCUT2D eigenvalue weighted by molar-refractivity contribution is -0.123. The summed E-state index contributed by atoms with van der Waals surface area (Å²) < 4.78 is 25.6. The highest BCUT2D eigenvalue weighted by Crippen LogP contribution is 2.34. The van der Waals surface area contributed by atoms with Crippen LogP contribution in [-0.4, -0.2) is 24.1 Å². The fraction of sp³-hybridized carbons (Fsp3) is 0.444. The Bertz CT molecular complexity index is 966. The van der Waals surface area contributed by atoms with Gasteiger partial charge in [0.2, 0.25) is 5.91 Å². The molecule has 2 aromatic rings. The highest BCUT2D eigenvalue weighted by molar-refractivity contribution is 7.90. The van der Waals surface area contributed by atoms with Crippen molar-refractivity contribution in [1.82, 2.24) is 9.78 Å². The summed E-state index contributed by atoms with van der Waals surface area (Å²) >= 11 is 0. The van der Waals surface area contributed by atoms with E-state index in [2.05, 4.69) is 10.4 Å². The first-order valence-electron chi connectivity index (χ1n) is 8.18. The second-order valence-electron chi connectivity index (χ2n) is 7.69. The number of anilines is 1. The van der Waals surface area contributed by atoms with Crippen LogP contribution in [0.25, 0.3) is 5.69 Å². The second-order valence-corrected chi connectivity index (χ2v) is 9.76. The number of benzene rings is 1. The van der Waals surface area contributed by atoms with Crippen molar-refractivity contribution in [1.29, 1.82) is 0 Å². The Labute approximate surface area is 148 Å². The zero-order chi connectivity index (χ0) is 18.6. The maximum absolute atomic E-state index is 12.5. The third-order valence-corrected chi connectivity index (χ3v) is 5.88. The first kappa shape index (κ1) is 17.7. The van der Waals surface area contributed by atoms with Gasteiger partial charge in [0.05, 0.1) is 22.9 Å². The minimum absolute atomic E-state index is 0.0848. The van der Waals surface area contributed by atoms with Gasteiger partial charge in [-0.25, -0.2) is 13.1 Å². The summed E-state index contributed by atoms with van der Waals surface area (Å²) in [5.41, 5.74) is 3.58. The molecule has 1 amide bonds. The molecule has 0 aliphatic carbocycles. The minimum Gasteiger partial charge on any atom is -0.310 e. The summed E-state index contributed by atoms with van der Waals surface area (Å²) in [6.07, 6.45) is 0. The average molecular weight is 361 g/mol. The van der Waals surface area contributed by atoms with E-state index in [0.717, 1.165) is 16.8 Å². The number of sulfone groups is 1. The number of carbonyl (C=O) groups is 1. The lowest BCUT2D eigenvalue weighted by Gasteiger charge is -2.19. The van der Waals surface area contributed by atoms with Gasteiger partial charge in [0.1, 0.15) is 5.82 Å². The number of amides is 1. The SMILES string of the molecule is Cc1ccc(-n2nc3c(c2NC(=O)C(C)(C)C)CS(=O)(=O)C3)cc1C. The van der Waals surface area contributed by atoms with E-state index < -0.39 is 15.3 Å². The molecule has 25 heavy (non-hydrogen) atoms. The molecule has 6 nitrogen and oxygen atoms in total. The Morgan fingerprint density at radius 2 is 1.84 bits per heavy atom. The topological polar surface area (TPSA) is 81.1 Å². The maximum atomic E-state index is 12.5. The number of carbonyl (C=O) groups excluding carboxylic acids is 1. The molecular formula is C18H23N3O3S. The predicted molar refractivity (Wildman–Crippen MR) is 97.5 cm³/mol. The number of hydrogen-bond acceptors (Lipinski definition) is 4. The van der Waals surface area contributed by atoms with Crippen molar-refractivity contribution < 1.29 is 13.2 Å². The van der Waals surface area contributed by atoms with Crippen LogP contribution in [0.2, 0.25) is 0 Å². The molecule has 0 saturated carbocycles. The van der Waals surface area contributed by atoms with E-state index in [9.17, 15) is 13.2 Å². The van der Waals surface area contributed by atoms with E-state index in [0.29, 0.717) is 17.1 Å². The Hall–Kier alpha value is -2.15. The van der Waals surface area contributed by atoms with Crippen LogP contribution in [0, 0.1) is 19.3 Å². The minimum atomic E-state index is -3.20. The van der Waals surface area contributed by atoms with Gasteiger partial charge >= 0.3 is 0 Å². The van der Waals surface area contributed by atoms with Crippen molar-refractivity contribution in [3.05, 3.63) is 40.6 Å². The van der Waals surface area contributed by atoms with Crippen LogP contribution in [-0.2, 0) is 26.1 Å². The fourth-order valence-electron chi connectivity index (χ4n) is 2.71. The molecule has 134 valence electrons. The maximum Gasteiger partial charge on any atom is 0.230 e. The molecule has 7 heteroatoms. The number of fused-ring (bicyclic) bond motifs is 1. The van der Waals surface area contributed by atoms with E-state index in [1.807, 2.05) is 52.8 Å². The lowest BCUT2D eigenvalue weighted by Crippen LogP contribution is -2.29. The van der Waals surface area contributed by atoms with Gasteiger partial charge in [-0.15, -0.1) is 0 Å². The van der Waals surface area contributed by atoms with Crippen molar-refractivity contribution >= 4 is 21.6 Å². The van der Waals surface area contributed by atoms with E-state index in [1.54, 1.807) is 4.68 Å². The van der Waals surface area contributed by atoms with Gasteiger partial charge in [-0.3, -0.25) is 4.79 Å². The van der Waals surface area contributed by atoms with Gasteiger partial charge in [-0.05, 0) is 37.1 Å². The highest BCUT2D eigenvalue weighted by atomic mass is 32.2. The molecule has 1 N–H and O–H groups in total. The Morgan fingerprint density at radius 1 is 1.16 bits per heavy atom. The average Bonchev–Trinajstić information content (AvgIpc) is 2.94. The number of rotatable bonds is 2. The largest absolute Gasteiger partial charge is 0.310 e. The zero-order valence-corrected chi connectivity index (χ0v) is 16.0. The van der Waals surface area contributed by atoms with Gasteiger partial charge in [-0.2, -0.15) is 5.10 Å². The molecule has 0 bridgehead atoms. The number of nitrogens with one attached hydrogen (secondary N) is 1. The Morgan fingerprint density at radius 3 is 2.44 bits per heavy atom. The second kappa shape index (κ2) is 5.69. The smallest absolute Gasteiger partial charge is 0.230 e. The monoisotopic (exact) mass is 361 g/mol.